The fourth-order valence-corrected chi connectivity index (χ4v) is 4.68. The number of aromatic amines is 1. The third kappa shape index (κ3) is 5.06. The van der Waals surface area contributed by atoms with E-state index in [1.54, 1.807) is 6.07 Å². The lowest BCUT2D eigenvalue weighted by Gasteiger charge is -2.34. The van der Waals surface area contributed by atoms with E-state index in [4.69, 9.17) is 10.4 Å². The van der Waals surface area contributed by atoms with Crippen LogP contribution in [0.4, 0.5) is 4.39 Å². The number of nitrogens with zero attached hydrogens (tertiary/aromatic N) is 3. The molecular formula is C23H24FN5O3S. The number of aromatic nitrogens is 1. The molecular weight excluding hydrogens is 445 g/mol. The van der Waals surface area contributed by atoms with E-state index in [9.17, 15) is 17.6 Å². The van der Waals surface area contributed by atoms with Gasteiger partial charge in [0, 0.05) is 43.3 Å². The van der Waals surface area contributed by atoms with Gasteiger partial charge in [0.15, 0.2) is 0 Å². The Kier molecular flexibility index (Phi) is 6.47. The number of hydrogen-bond acceptors (Lipinski definition) is 5. The van der Waals surface area contributed by atoms with Crippen molar-refractivity contribution in [2.75, 3.05) is 32.7 Å². The van der Waals surface area contributed by atoms with Gasteiger partial charge in [0.1, 0.15) is 5.82 Å². The van der Waals surface area contributed by atoms with Crippen LogP contribution >= 0.6 is 0 Å². The van der Waals surface area contributed by atoms with Crippen molar-refractivity contribution in [3.8, 4) is 6.07 Å². The number of carbonyl (C=O) groups excluding carboxylic acids is 1. The van der Waals surface area contributed by atoms with Crippen molar-refractivity contribution in [1.82, 2.24) is 14.8 Å². The molecule has 10 heteroatoms. The standard InChI is InChI=1S/C23H24FN5O3S/c24-21-5-4-18(33(26,31)32)13-20(21)23(30)29-10-8-28(9-11-29)7-1-2-17-15-27-22-6-3-16(14-25)12-19(17)22/h3-6,12-13,15,27H,1-2,7-11H2,(H2,26,31,32). The van der Waals surface area contributed by atoms with E-state index >= 15 is 0 Å². The molecule has 1 aliphatic heterocycles. The van der Waals surface area contributed by atoms with Gasteiger partial charge in [0.05, 0.1) is 22.1 Å². The van der Waals surface area contributed by atoms with Gasteiger partial charge in [-0.05, 0) is 61.3 Å². The second-order valence-corrected chi connectivity index (χ2v) is 9.67. The normalized spacial score (nSPS) is 15.0. The lowest BCUT2D eigenvalue weighted by atomic mass is 10.1. The third-order valence-corrected chi connectivity index (χ3v) is 6.88. The molecule has 3 N–H and O–H groups in total. The van der Waals surface area contributed by atoms with Gasteiger partial charge < -0.3 is 9.88 Å². The van der Waals surface area contributed by atoms with Crippen LogP contribution < -0.4 is 5.14 Å². The summed E-state index contributed by atoms with van der Waals surface area (Å²) >= 11 is 0. The molecule has 4 rings (SSSR count). The summed E-state index contributed by atoms with van der Waals surface area (Å²) in [6, 6.07) is 10.8. The molecule has 0 atom stereocenters. The van der Waals surface area contributed by atoms with Crippen LogP contribution in [0, 0.1) is 17.1 Å². The molecule has 0 aliphatic carbocycles. The van der Waals surface area contributed by atoms with Gasteiger partial charge >= 0.3 is 0 Å². The first-order valence-electron chi connectivity index (χ1n) is 10.6. The van der Waals surface area contributed by atoms with E-state index in [0.717, 1.165) is 48.5 Å². The van der Waals surface area contributed by atoms with Crippen molar-refractivity contribution in [2.24, 2.45) is 5.14 Å². The number of nitrogens with one attached hydrogen (secondary N) is 1. The molecule has 1 saturated heterocycles. The zero-order chi connectivity index (χ0) is 23.6. The van der Waals surface area contributed by atoms with Crippen molar-refractivity contribution in [1.29, 1.82) is 5.26 Å². The highest BCUT2D eigenvalue weighted by molar-refractivity contribution is 7.89. The van der Waals surface area contributed by atoms with Gasteiger partial charge in [-0.3, -0.25) is 9.69 Å². The number of primary sulfonamides is 1. The monoisotopic (exact) mass is 469 g/mol. The third-order valence-electron chi connectivity index (χ3n) is 5.97. The Balaban J connectivity index is 1.32. The van der Waals surface area contributed by atoms with E-state index in [-0.39, 0.29) is 10.5 Å². The summed E-state index contributed by atoms with van der Waals surface area (Å²) in [4.78, 5) is 19.5. The number of halogens is 1. The van der Waals surface area contributed by atoms with Gasteiger partial charge in [0.25, 0.3) is 5.91 Å². The topological polar surface area (TPSA) is 123 Å². The number of benzene rings is 2. The first-order valence-corrected chi connectivity index (χ1v) is 12.1. The molecule has 2 aromatic carbocycles. The number of fused-ring (bicyclic) bond motifs is 1. The smallest absolute Gasteiger partial charge is 0.256 e. The molecule has 0 radical (unpaired) electrons. The maximum Gasteiger partial charge on any atom is 0.256 e. The minimum absolute atomic E-state index is 0.286. The van der Waals surface area contributed by atoms with Gasteiger partial charge in [-0.2, -0.15) is 5.26 Å². The summed E-state index contributed by atoms with van der Waals surface area (Å²) in [6.07, 6.45) is 3.76. The van der Waals surface area contributed by atoms with E-state index in [2.05, 4.69) is 16.0 Å². The minimum atomic E-state index is -4.03. The molecule has 3 aromatic rings. The number of piperazine rings is 1. The molecule has 1 aromatic heterocycles. The first-order chi connectivity index (χ1) is 15.8. The Labute approximate surface area is 191 Å². The highest BCUT2D eigenvalue weighted by atomic mass is 32.2. The summed E-state index contributed by atoms with van der Waals surface area (Å²) in [5.41, 5.74) is 2.53. The van der Waals surface area contributed by atoms with E-state index in [0.29, 0.717) is 31.7 Å². The molecule has 8 nitrogen and oxygen atoms in total. The molecule has 0 saturated carbocycles. The van der Waals surface area contributed by atoms with Gasteiger partial charge in [-0.25, -0.2) is 17.9 Å². The number of aryl methyl sites for hydroxylation is 1. The molecule has 0 bridgehead atoms. The van der Waals surface area contributed by atoms with Crippen LogP contribution in [-0.4, -0.2) is 61.8 Å². The van der Waals surface area contributed by atoms with Gasteiger partial charge in [-0.1, -0.05) is 0 Å². The molecule has 2 heterocycles. The van der Waals surface area contributed by atoms with E-state index in [1.807, 2.05) is 18.3 Å². The maximum atomic E-state index is 14.2. The molecule has 1 aliphatic rings. The number of carbonyl (C=O) groups is 1. The van der Waals surface area contributed by atoms with E-state index in [1.165, 1.54) is 10.5 Å². The van der Waals surface area contributed by atoms with Gasteiger partial charge in [-0.15, -0.1) is 0 Å². The van der Waals surface area contributed by atoms with Crippen molar-refractivity contribution in [2.45, 2.75) is 17.7 Å². The number of amides is 1. The second-order valence-electron chi connectivity index (χ2n) is 8.11. The lowest BCUT2D eigenvalue weighted by molar-refractivity contribution is 0.0631. The van der Waals surface area contributed by atoms with Crippen LogP contribution in [0.2, 0.25) is 0 Å². The van der Waals surface area contributed by atoms with Crippen LogP contribution in [-0.2, 0) is 16.4 Å². The highest BCUT2D eigenvalue weighted by Gasteiger charge is 2.25. The number of nitriles is 1. The number of hydrogen-bond donors (Lipinski definition) is 2. The van der Waals surface area contributed by atoms with Crippen molar-refractivity contribution >= 4 is 26.8 Å². The largest absolute Gasteiger partial charge is 0.361 e. The number of rotatable bonds is 6. The Morgan fingerprint density at radius 1 is 1.15 bits per heavy atom. The van der Waals surface area contributed by atoms with Crippen LogP contribution in [0.5, 0.6) is 0 Å². The summed E-state index contributed by atoms with van der Waals surface area (Å²) in [7, 11) is -4.03. The maximum absolute atomic E-state index is 14.2. The summed E-state index contributed by atoms with van der Waals surface area (Å²) in [5.74, 6) is -1.31. The van der Waals surface area contributed by atoms with Crippen LogP contribution in [0.3, 0.4) is 0 Å². The molecule has 172 valence electrons. The minimum Gasteiger partial charge on any atom is -0.361 e. The lowest BCUT2D eigenvalue weighted by Crippen LogP contribution is -2.49. The van der Waals surface area contributed by atoms with Crippen LogP contribution in [0.1, 0.15) is 27.9 Å². The number of nitrogens with two attached hydrogens (primary N) is 1. The molecule has 33 heavy (non-hydrogen) atoms. The molecule has 0 unspecified atom stereocenters. The first kappa shape index (κ1) is 22.9. The summed E-state index contributed by atoms with van der Waals surface area (Å²) < 4.78 is 37.3. The van der Waals surface area contributed by atoms with Crippen LogP contribution in [0.25, 0.3) is 10.9 Å². The fraction of sp³-hybridized carbons (Fsp3) is 0.304. The summed E-state index contributed by atoms with van der Waals surface area (Å²) in [5, 5.41) is 15.3. The van der Waals surface area contributed by atoms with Crippen molar-refractivity contribution in [3.63, 3.8) is 0 Å². The quantitative estimate of drug-likeness (QED) is 0.573. The average molecular weight is 470 g/mol. The average Bonchev–Trinajstić information content (AvgIpc) is 3.20. The molecule has 1 amide bonds. The number of H-pyrrole nitrogens is 1. The zero-order valence-electron chi connectivity index (χ0n) is 17.9. The highest BCUT2D eigenvalue weighted by Crippen LogP contribution is 2.21. The molecule has 0 spiro atoms. The van der Waals surface area contributed by atoms with E-state index < -0.39 is 21.7 Å². The second kappa shape index (κ2) is 9.31. The Morgan fingerprint density at radius 3 is 2.61 bits per heavy atom. The zero-order valence-corrected chi connectivity index (χ0v) is 18.7. The Hall–Kier alpha value is -3.26. The Morgan fingerprint density at radius 2 is 1.91 bits per heavy atom. The SMILES string of the molecule is N#Cc1ccc2[nH]cc(CCCN3CCN(C(=O)c4cc(S(N)(=O)=O)ccc4F)CC3)c2c1. The van der Waals surface area contributed by atoms with Crippen LogP contribution in [0.15, 0.2) is 47.5 Å². The predicted octanol–water partition coefficient (Wildman–Crippen LogP) is 2.22. The number of sulfonamides is 1. The predicted molar refractivity (Wildman–Crippen MR) is 121 cm³/mol. The molecule has 1 fully saturated rings. The van der Waals surface area contributed by atoms with Gasteiger partial charge in [0.2, 0.25) is 10.0 Å². The summed E-state index contributed by atoms with van der Waals surface area (Å²) in [6.45, 7) is 3.00. The Bertz CT molecular complexity index is 1340. The fourth-order valence-electron chi connectivity index (χ4n) is 4.14. The van der Waals surface area contributed by atoms with Crippen molar-refractivity contribution in [3.05, 3.63) is 65.1 Å². The van der Waals surface area contributed by atoms with Crippen molar-refractivity contribution < 1.29 is 17.6 Å².